The molecule has 2 aromatic rings. The van der Waals surface area contributed by atoms with E-state index in [9.17, 15) is 0 Å². The van der Waals surface area contributed by atoms with Crippen molar-refractivity contribution in [2.75, 3.05) is 0 Å². The van der Waals surface area contributed by atoms with Crippen molar-refractivity contribution in [3.63, 3.8) is 0 Å². The molecule has 2 rings (SSSR count). The van der Waals surface area contributed by atoms with E-state index < -0.39 is 0 Å². The molecular weight excluding hydrogens is 188 g/mol. The van der Waals surface area contributed by atoms with Crippen molar-refractivity contribution in [2.45, 2.75) is 26.3 Å². The fraction of sp³-hybridized carbons (Fsp3) is 0.364. The number of rotatable bonds is 3. The van der Waals surface area contributed by atoms with Crippen LogP contribution in [0.4, 0.5) is 0 Å². The largest absolute Gasteiger partial charge is 0.227 e. The van der Waals surface area contributed by atoms with Gasteiger partial charge in [-0.3, -0.25) is 0 Å². The lowest BCUT2D eigenvalue weighted by atomic mass is 10.1. The summed E-state index contributed by atoms with van der Waals surface area (Å²) in [5.41, 5.74) is 1.23. The first-order valence-corrected chi connectivity index (χ1v) is 5.08. The number of benzene rings is 1. The summed E-state index contributed by atoms with van der Waals surface area (Å²) in [6.45, 7) is 4.15. The zero-order valence-electron chi connectivity index (χ0n) is 8.96. The highest BCUT2D eigenvalue weighted by atomic mass is 15.5. The van der Waals surface area contributed by atoms with Crippen molar-refractivity contribution in [2.24, 2.45) is 0 Å². The summed E-state index contributed by atoms with van der Waals surface area (Å²) in [5.74, 6) is 0.913. The highest BCUT2D eigenvalue weighted by molar-refractivity contribution is 5.18. The Morgan fingerprint density at radius 3 is 2.60 bits per heavy atom. The molecule has 15 heavy (non-hydrogen) atoms. The second-order valence-corrected chi connectivity index (χ2v) is 3.80. The van der Waals surface area contributed by atoms with Crippen molar-refractivity contribution >= 4 is 0 Å². The minimum Gasteiger partial charge on any atom is -0.227 e. The molecule has 0 atom stereocenters. The minimum absolute atomic E-state index is 0.304. The smallest absolute Gasteiger partial charge is 0.155 e. The van der Waals surface area contributed by atoms with Gasteiger partial charge in [-0.1, -0.05) is 30.3 Å². The molecule has 0 bridgehead atoms. The van der Waals surface area contributed by atoms with Crippen molar-refractivity contribution in [3.8, 4) is 0 Å². The molecule has 0 N–H and O–H groups in total. The quantitative estimate of drug-likeness (QED) is 0.762. The molecule has 0 fully saturated rings. The van der Waals surface area contributed by atoms with Crippen LogP contribution in [0.1, 0.15) is 31.3 Å². The Labute approximate surface area is 88.9 Å². The maximum atomic E-state index is 4.03. The molecule has 78 valence electrons. The normalized spacial score (nSPS) is 10.9. The average molecular weight is 202 g/mol. The van der Waals surface area contributed by atoms with Crippen molar-refractivity contribution in [3.05, 3.63) is 41.7 Å². The topological polar surface area (TPSA) is 43.6 Å². The Balaban J connectivity index is 2.21. The van der Waals surface area contributed by atoms with E-state index in [0.29, 0.717) is 6.04 Å². The molecule has 4 nitrogen and oxygen atoms in total. The van der Waals surface area contributed by atoms with Gasteiger partial charge in [0.05, 0.1) is 6.04 Å². The first kappa shape index (κ1) is 9.83. The summed E-state index contributed by atoms with van der Waals surface area (Å²) in [5, 5.41) is 11.7. The summed E-state index contributed by atoms with van der Waals surface area (Å²) in [7, 11) is 0. The predicted octanol–water partition coefficient (Wildman–Crippen LogP) is 1.84. The Hall–Kier alpha value is -1.71. The van der Waals surface area contributed by atoms with Crippen molar-refractivity contribution < 1.29 is 0 Å². The van der Waals surface area contributed by atoms with E-state index in [2.05, 4.69) is 41.5 Å². The highest BCUT2D eigenvalue weighted by Gasteiger charge is 2.08. The lowest BCUT2D eigenvalue weighted by Crippen LogP contribution is -2.08. The van der Waals surface area contributed by atoms with Crippen LogP contribution in [0.25, 0.3) is 0 Å². The molecular formula is C11H14N4. The fourth-order valence-electron chi connectivity index (χ4n) is 1.51. The fourth-order valence-corrected chi connectivity index (χ4v) is 1.51. The van der Waals surface area contributed by atoms with Gasteiger partial charge in [0.1, 0.15) is 0 Å². The van der Waals surface area contributed by atoms with E-state index in [-0.39, 0.29) is 0 Å². The van der Waals surface area contributed by atoms with Gasteiger partial charge in [-0.25, -0.2) is 4.68 Å². The van der Waals surface area contributed by atoms with Gasteiger partial charge < -0.3 is 0 Å². The molecule has 0 unspecified atom stereocenters. The van der Waals surface area contributed by atoms with Gasteiger partial charge in [-0.05, 0) is 29.8 Å². The van der Waals surface area contributed by atoms with Gasteiger partial charge in [0.15, 0.2) is 5.82 Å². The number of aromatic nitrogens is 4. The first-order valence-electron chi connectivity index (χ1n) is 5.08. The lowest BCUT2D eigenvalue weighted by Gasteiger charge is -2.07. The average Bonchev–Trinajstić information content (AvgIpc) is 2.67. The van der Waals surface area contributed by atoms with Crippen LogP contribution in [-0.4, -0.2) is 20.2 Å². The molecule has 0 amide bonds. The van der Waals surface area contributed by atoms with Gasteiger partial charge in [0, 0.05) is 6.42 Å². The van der Waals surface area contributed by atoms with E-state index >= 15 is 0 Å². The van der Waals surface area contributed by atoms with Crippen LogP contribution in [-0.2, 0) is 6.42 Å². The van der Waals surface area contributed by atoms with E-state index in [1.807, 2.05) is 22.9 Å². The van der Waals surface area contributed by atoms with Crippen molar-refractivity contribution in [1.29, 1.82) is 0 Å². The van der Waals surface area contributed by atoms with Crippen LogP contribution < -0.4 is 0 Å². The van der Waals surface area contributed by atoms with E-state index in [0.717, 1.165) is 12.2 Å². The third-order valence-corrected chi connectivity index (χ3v) is 2.26. The monoisotopic (exact) mass is 202 g/mol. The van der Waals surface area contributed by atoms with E-state index in [1.165, 1.54) is 5.56 Å². The van der Waals surface area contributed by atoms with Crippen LogP contribution in [0.15, 0.2) is 30.3 Å². The standard InChI is InChI=1S/C11H14N4/c1-9(2)15-11(12-13-14-15)8-10-6-4-3-5-7-10/h3-7,9H,8H2,1-2H3. The van der Waals surface area contributed by atoms with Crippen molar-refractivity contribution in [1.82, 2.24) is 20.2 Å². The molecule has 0 saturated carbocycles. The molecule has 4 heteroatoms. The van der Waals surface area contributed by atoms with Crippen LogP contribution in [0.5, 0.6) is 0 Å². The minimum atomic E-state index is 0.304. The molecule has 0 aliphatic rings. The Morgan fingerprint density at radius 1 is 1.20 bits per heavy atom. The Bertz CT molecular complexity index is 419. The number of tetrazole rings is 1. The molecule has 0 saturated heterocycles. The van der Waals surface area contributed by atoms with Gasteiger partial charge >= 0.3 is 0 Å². The second-order valence-electron chi connectivity index (χ2n) is 3.80. The molecule has 0 aliphatic carbocycles. The summed E-state index contributed by atoms with van der Waals surface area (Å²) in [6, 6.07) is 10.5. The summed E-state index contributed by atoms with van der Waals surface area (Å²) >= 11 is 0. The first-order chi connectivity index (χ1) is 7.27. The van der Waals surface area contributed by atoms with E-state index in [1.54, 1.807) is 0 Å². The zero-order chi connectivity index (χ0) is 10.7. The summed E-state index contributed by atoms with van der Waals surface area (Å²) in [4.78, 5) is 0. The second kappa shape index (κ2) is 4.21. The van der Waals surface area contributed by atoms with Crippen LogP contribution in [0.2, 0.25) is 0 Å². The molecule has 1 heterocycles. The van der Waals surface area contributed by atoms with Crippen LogP contribution in [0.3, 0.4) is 0 Å². The molecule has 1 aromatic carbocycles. The number of hydrogen-bond acceptors (Lipinski definition) is 3. The predicted molar refractivity (Wildman–Crippen MR) is 57.5 cm³/mol. The Kier molecular flexibility index (Phi) is 2.76. The van der Waals surface area contributed by atoms with Gasteiger partial charge in [0.25, 0.3) is 0 Å². The summed E-state index contributed by atoms with van der Waals surface area (Å²) < 4.78 is 1.85. The maximum absolute atomic E-state index is 4.03. The van der Waals surface area contributed by atoms with Gasteiger partial charge in [-0.2, -0.15) is 0 Å². The maximum Gasteiger partial charge on any atom is 0.155 e. The Morgan fingerprint density at radius 2 is 1.93 bits per heavy atom. The van der Waals surface area contributed by atoms with Gasteiger partial charge in [0.2, 0.25) is 0 Å². The molecule has 1 aromatic heterocycles. The summed E-state index contributed by atoms with van der Waals surface area (Å²) in [6.07, 6.45) is 0.784. The number of hydrogen-bond donors (Lipinski definition) is 0. The number of nitrogens with zero attached hydrogens (tertiary/aromatic N) is 4. The SMILES string of the molecule is CC(C)n1nnnc1Cc1ccccc1. The van der Waals surface area contributed by atoms with Crippen LogP contribution in [0, 0.1) is 0 Å². The third kappa shape index (κ3) is 2.21. The highest BCUT2D eigenvalue weighted by Crippen LogP contribution is 2.09. The molecule has 0 aliphatic heterocycles. The zero-order valence-corrected chi connectivity index (χ0v) is 8.96. The third-order valence-electron chi connectivity index (χ3n) is 2.26. The van der Waals surface area contributed by atoms with Crippen LogP contribution >= 0.6 is 0 Å². The van der Waals surface area contributed by atoms with E-state index in [4.69, 9.17) is 0 Å². The molecule has 0 radical (unpaired) electrons. The van der Waals surface area contributed by atoms with Gasteiger partial charge in [-0.15, -0.1) is 5.10 Å². The molecule has 0 spiro atoms. The lowest BCUT2D eigenvalue weighted by molar-refractivity contribution is 0.497.